The highest BCUT2D eigenvalue weighted by atomic mass is 16.2. The molecule has 0 radical (unpaired) electrons. The molecule has 0 aromatic heterocycles. The first-order chi connectivity index (χ1) is 9.08. The molecule has 1 aliphatic heterocycles. The van der Waals surface area contributed by atoms with E-state index < -0.39 is 0 Å². The van der Waals surface area contributed by atoms with Crippen molar-refractivity contribution in [2.75, 3.05) is 18.8 Å². The third-order valence-corrected chi connectivity index (χ3v) is 3.48. The number of anilines is 1. The molecule has 2 amide bonds. The minimum atomic E-state index is -0.139. The molecule has 1 fully saturated rings. The molecule has 2 rings (SSSR count). The number of rotatable bonds is 2. The van der Waals surface area contributed by atoms with E-state index in [0.29, 0.717) is 24.3 Å². The van der Waals surface area contributed by atoms with Gasteiger partial charge in [-0.2, -0.15) is 0 Å². The summed E-state index contributed by atoms with van der Waals surface area (Å²) in [5.41, 5.74) is 6.77. The van der Waals surface area contributed by atoms with E-state index in [4.69, 9.17) is 5.73 Å². The van der Waals surface area contributed by atoms with Crippen molar-refractivity contribution in [3.8, 4) is 0 Å². The Kier molecular flexibility index (Phi) is 4.04. The second-order valence-electron chi connectivity index (χ2n) is 4.84. The smallest absolute Gasteiger partial charge is 0.253 e. The predicted octanol–water partition coefficient (Wildman–Crippen LogP) is 1.01. The lowest BCUT2D eigenvalue weighted by Gasteiger charge is -2.31. The summed E-state index contributed by atoms with van der Waals surface area (Å²) in [7, 11) is 0. The van der Waals surface area contributed by atoms with Crippen molar-refractivity contribution >= 4 is 17.5 Å². The van der Waals surface area contributed by atoms with Gasteiger partial charge in [0.05, 0.1) is 5.56 Å². The van der Waals surface area contributed by atoms with Crippen molar-refractivity contribution in [3.05, 3.63) is 29.8 Å². The largest absolute Gasteiger partial charge is 0.398 e. The normalized spacial score (nSPS) is 16.2. The first-order valence-electron chi connectivity index (χ1n) is 6.49. The molecule has 5 heteroatoms. The molecule has 0 saturated carbocycles. The number of nitrogens with zero attached hydrogens (tertiary/aromatic N) is 1. The van der Waals surface area contributed by atoms with Crippen LogP contribution in [0, 0.1) is 0 Å². The van der Waals surface area contributed by atoms with Crippen LogP contribution >= 0.6 is 0 Å². The molecule has 1 aromatic carbocycles. The number of hydrogen-bond donors (Lipinski definition) is 2. The SMILES string of the molecule is CC(=O)N1CCC(NC(=O)c2ccccc2N)CC1. The molecule has 19 heavy (non-hydrogen) atoms. The van der Waals surface area contributed by atoms with Gasteiger partial charge in [-0.25, -0.2) is 0 Å². The molecular weight excluding hydrogens is 242 g/mol. The fourth-order valence-corrected chi connectivity index (χ4v) is 2.31. The van der Waals surface area contributed by atoms with Gasteiger partial charge in [0, 0.05) is 31.7 Å². The monoisotopic (exact) mass is 261 g/mol. The quantitative estimate of drug-likeness (QED) is 0.780. The van der Waals surface area contributed by atoms with Gasteiger partial charge in [0.15, 0.2) is 0 Å². The van der Waals surface area contributed by atoms with Crippen molar-refractivity contribution in [1.29, 1.82) is 0 Å². The lowest BCUT2D eigenvalue weighted by atomic mass is 10.0. The molecule has 1 saturated heterocycles. The number of amides is 2. The van der Waals surface area contributed by atoms with Gasteiger partial charge in [-0.1, -0.05) is 12.1 Å². The van der Waals surface area contributed by atoms with E-state index in [2.05, 4.69) is 5.32 Å². The maximum Gasteiger partial charge on any atom is 0.253 e. The average Bonchev–Trinajstić information content (AvgIpc) is 2.39. The van der Waals surface area contributed by atoms with Crippen LogP contribution in [-0.2, 0) is 4.79 Å². The van der Waals surface area contributed by atoms with Gasteiger partial charge in [0.2, 0.25) is 5.91 Å². The summed E-state index contributed by atoms with van der Waals surface area (Å²) in [6.07, 6.45) is 1.58. The van der Waals surface area contributed by atoms with E-state index in [-0.39, 0.29) is 17.9 Å². The second-order valence-corrected chi connectivity index (χ2v) is 4.84. The summed E-state index contributed by atoms with van der Waals surface area (Å²) in [5, 5.41) is 2.98. The van der Waals surface area contributed by atoms with Gasteiger partial charge in [0.1, 0.15) is 0 Å². The molecule has 0 spiro atoms. The standard InChI is InChI=1S/C14H19N3O2/c1-10(18)17-8-6-11(7-9-17)16-14(19)12-4-2-3-5-13(12)15/h2-5,11H,6-9,15H2,1H3,(H,16,19). The van der Waals surface area contributed by atoms with Crippen LogP contribution in [-0.4, -0.2) is 35.8 Å². The van der Waals surface area contributed by atoms with E-state index >= 15 is 0 Å². The molecule has 1 aliphatic rings. The number of likely N-dealkylation sites (tertiary alicyclic amines) is 1. The third kappa shape index (κ3) is 3.24. The maximum absolute atomic E-state index is 12.1. The maximum atomic E-state index is 12.1. The highest BCUT2D eigenvalue weighted by Crippen LogP contribution is 2.14. The van der Waals surface area contributed by atoms with Crippen LogP contribution in [0.2, 0.25) is 0 Å². The van der Waals surface area contributed by atoms with E-state index in [0.717, 1.165) is 12.8 Å². The summed E-state index contributed by atoms with van der Waals surface area (Å²) in [6.45, 7) is 2.97. The Morgan fingerprint density at radius 1 is 1.26 bits per heavy atom. The topological polar surface area (TPSA) is 75.4 Å². The summed E-state index contributed by atoms with van der Waals surface area (Å²) in [5.74, 6) is -0.0449. The summed E-state index contributed by atoms with van der Waals surface area (Å²) in [4.78, 5) is 25.1. The van der Waals surface area contributed by atoms with Crippen molar-refractivity contribution in [2.45, 2.75) is 25.8 Å². The molecule has 0 bridgehead atoms. The number of carbonyl (C=O) groups is 2. The summed E-state index contributed by atoms with van der Waals surface area (Å²) < 4.78 is 0. The van der Waals surface area contributed by atoms with Crippen molar-refractivity contribution in [1.82, 2.24) is 10.2 Å². The first kappa shape index (κ1) is 13.4. The van der Waals surface area contributed by atoms with Crippen LogP contribution < -0.4 is 11.1 Å². The first-order valence-corrected chi connectivity index (χ1v) is 6.49. The Balaban J connectivity index is 1.91. The fraction of sp³-hybridized carbons (Fsp3) is 0.429. The van der Waals surface area contributed by atoms with Crippen LogP contribution in [0.1, 0.15) is 30.1 Å². The van der Waals surface area contributed by atoms with Crippen LogP contribution in [0.3, 0.4) is 0 Å². The van der Waals surface area contributed by atoms with Crippen molar-refractivity contribution in [3.63, 3.8) is 0 Å². The highest BCUT2D eigenvalue weighted by molar-refractivity contribution is 5.99. The van der Waals surface area contributed by atoms with Gasteiger partial charge in [-0.05, 0) is 25.0 Å². The number of para-hydroxylation sites is 1. The van der Waals surface area contributed by atoms with Crippen LogP contribution in [0.25, 0.3) is 0 Å². The van der Waals surface area contributed by atoms with E-state index in [1.54, 1.807) is 36.1 Å². The lowest BCUT2D eigenvalue weighted by Crippen LogP contribution is -2.46. The van der Waals surface area contributed by atoms with Crippen LogP contribution in [0.5, 0.6) is 0 Å². The van der Waals surface area contributed by atoms with E-state index in [1.807, 2.05) is 0 Å². The Labute approximate surface area is 112 Å². The van der Waals surface area contributed by atoms with Gasteiger partial charge in [0.25, 0.3) is 5.91 Å². The Bertz CT molecular complexity index is 479. The molecule has 0 atom stereocenters. The van der Waals surface area contributed by atoms with Crippen molar-refractivity contribution in [2.24, 2.45) is 0 Å². The number of carbonyl (C=O) groups excluding carboxylic acids is 2. The molecular formula is C14H19N3O2. The number of piperidine rings is 1. The molecule has 0 unspecified atom stereocenters. The fourth-order valence-electron chi connectivity index (χ4n) is 2.31. The zero-order chi connectivity index (χ0) is 13.8. The Morgan fingerprint density at radius 2 is 1.89 bits per heavy atom. The van der Waals surface area contributed by atoms with E-state index in [1.165, 1.54) is 0 Å². The molecule has 5 nitrogen and oxygen atoms in total. The predicted molar refractivity (Wildman–Crippen MR) is 73.6 cm³/mol. The minimum Gasteiger partial charge on any atom is -0.398 e. The summed E-state index contributed by atoms with van der Waals surface area (Å²) >= 11 is 0. The number of hydrogen-bond acceptors (Lipinski definition) is 3. The second kappa shape index (κ2) is 5.73. The summed E-state index contributed by atoms with van der Waals surface area (Å²) in [6, 6.07) is 7.15. The van der Waals surface area contributed by atoms with Gasteiger partial charge < -0.3 is 16.0 Å². The molecule has 3 N–H and O–H groups in total. The van der Waals surface area contributed by atoms with Gasteiger partial charge >= 0.3 is 0 Å². The molecule has 0 aliphatic carbocycles. The molecule has 102 valence electrons. The minimum absolute atomic E-state index is 0.0945. The third-order valence-electron chi connectivity index (χ3n) is 3.48. The number of nitrogens with two attached hydrogens (primary N) is 1. The molecule has 1 aromatic rings. The van der Waals surface area contributed by atoms with Gasteiger partial charge in [-0.15, -0.1) is 0 Å². The zero-order valence-electron chi connectivity index (χ0n) is 11.1. The number of benzene rings is 1. The van der Waals surface area contributed by atoms with Crippen LogP contribution in [0.15, 0.2) is 24.3 Å². The number of nitrogen functional groups attached to an aromatic ring is 1. The Morgan fingerprint density at radius 3 is 2.47 bits per heavy atom. The lowest BCUT2D eigenvalue weighted by molar-refractivity contribution is -0.129. The molecule has 1 heterocycles. The van der Waals surface area contributed by atoms with Crippen molar-refractivity contribution < 1.29 is 9.59 Å². The average molecular weight is 261 g/mol. The Hall–Kier alpha value is -2.04. The van der Waals surface area contributed by atoms with Crippen LogP contribution in [0.4, 0.5) is 5.69 Å². The highest BCUT2D eigenvalue weighted by Gasteiger charge is 2.22. The number of nitrogens with one attached hydrogen (secondary N) is 1. The zero-order valence-corrected chi connectivity index (χ0v) is 11.1. The van der Waals surface area contributed by atoms with Gasteiger partial charge in [-0.3, -0.25) is 9.59 Å². The van der Waals surface area contributed by atoms with E-state index in [9.17, 15) is 9.59 Å².